The molecule has 5 nitrogen and oxygen atoms in total. The maximum absolute atomic E-state index is 13.4. The van der Waals surface area contributed by atoms with Gasteiger partial charge >= 0.3 is 0 Å². The molecule has 1 amide bonds. The van der Waals surface area contributed by atoms with Crippen LogP contribution in [-0.2, 0) is 4.79 Å². The zero-order chi connectivity index (χ0) is 13.3. The van der Waals surface area contributed by atoms with Crippen LogP contribution in [-0.4, -0.2) is 23.3 Å². The lowest BCUT2D eigenvalue weighted by atomic mass is 10.1. The molecular formula is C11H9FN2O3S. The fourth-order valence-electron chi connectivity index (χ4n) is 1.43. The molecule has 0 unspecified atom stereocenters. The summed E-state index contributed by atoms with van der Waals surface area (Å²) < 4.78 is 18.2. The van der Waals surface area contributed by atoms with Crippen LogP contribution in [0.5, 0.6) is 11.5 Å². The van der Waals surface area contributed by atoms with Gasteiger partial charge in [0.2, 0.25) is 0 Å². The van der Waals surface area contributed by atoms with Gasteiger partial charge in [-0.3, -0.25) is 10.2 Å². The molecule has 18 heavy (non-hydrogen) atoms. The number of amidine groups is 1. The van der Waals surface area contributed by atoms with Crippen LogP contribution >= 0.6 is 11.8 Å². The number of methoxy groups -OCH3 is 1. The summed E-state index contributed by atoms with van der Waals surface area (Å²) in [5.74, 6) is -1.83. The van der Waals surface area contributed by atoms with Crippen LogP contribution in [0.1, 0.15) is 5.56 Å². The van der Waals surface area contributed by atoms with Crippen molar-refractivity contribution in [2.24, 2.45) is 0 Å². The van der Waals surface area contributed by atoms with Crippen LogP contribution in [0.4, 0.5) is 4.39 Å². The van der Waals surface area contributed by atoms with Crippen LogP contribution in [0.25, 0.3) is 6.08 Å². The van der Waals surface area contributed by atoms with Crippen LogP contribution in [0.3, 0.4) is 0 Å². The maximum Gasteiger partial charge on any atom is 0.264 e. The Kier molecular flexibility index (Phi) is 3.24. The molecule has 3 N–H and O–H groups in total. The number of hydrogen-bond acceptors (Lipinski definition) is 5. The molecule has 0 spiro atoms. The van der Waals surface area contributed by atoms with Gasteiger partial charge in [0.15, 0.2) is 22.5 Å². The van der Waals surface area contributed by atoms with E-state index in [0.717, 1.165) is 17.8 Å². The van der Waals surface area contributed by atoms with Crippen molar-refractivity contribution in [2.75, 3.05) is 7.11 Å². The molecule has 1 fully saturated rings. The topological polar surface area (TPSA) is 82.4 Å². The molecule has 1 aliphatic rings. The highest BCUT2D eigenvalue weighted by atomic mass is 32.2. The quantitative estimate of drug-likeness (QED) is 0.713. The number of nitrogens with one attached hydrogen (secondary N) is 2. The second-order valence-corrected chi connectivity index (χ2v) is 4.50. The Morgan fingerprint density at radius 3 is 2.83 bits per heavy atom. The minimum atomic E-state index is -0.834. The fraction of sp³-hybridized carbons (Fsp3) is 0.0909. The molecule has 1 saturated heterocycles. The van der Waals surface area contributed by atoms with E-state index in [1.54, 1.807) is 0 Å². The molecule has 1 heterocycles. The molecule has 1 aliphatic heterocycles. The number of benzene rings is 1. The zero-order valence-corrected chi connectivity index (χ0v) is 10.1. The molecule has 0 atom stereocenters. The minimum Gasteiger partial charge on any atom is -0.502 e. The number of phenolic OH excluding ortho intramolecular Hbond substituents is 1. The van der Waals surface area contributed by atoms with Gasteiger partial charge in [-0.05, 0) is 35.5 Å². The van der Waals surface area contributed by atoms with Gasteiger partial charge in [0.25, 0.3) is 5.91 Å². The Balaban J connectivity index is 2.41. The Morgan fingerprint density at radius 2 is 2.28 bits per heavy atom. The van der Waals surface area contributed by atoms with E-state index < -0.39 is 17.5 Å². The second kappa shape index (κ2) is 4.69. The van der Waals surface area contributed by atoms with Gasteiger partial charge in [-0.2, -0.15) is 0 Å². The van der Waals surface area contributed by atoms with Gasteiger partial charge in [0, 0.05) is 0 Å². The van der Waals surface area contributed by atoms with Gasteiger partial charge in [0.05, 0.1) is 12.0 Å². The predicted octanol–water partition coefficient (Wildman–Crippen LogP) is 1.68. The first-order valence-corrected chi connectivity index (χ1v) is 5.69. The van der Waals surface area contributed by atoms with Crippen molar-refractivity contribution >= 4 is 28.9 Å². The van der Waals surface area contributed by atoms with E-state index >= 15 is 0 Å². The van der Waals surface area contributed by atoms with Crippen molar-refractivity contribution in [2.45, 2.75) is 0 Å². The fourth-order valence-corrected chi connectivity index (χ4v) is 2.13. The molecule has 0 aliphatic carbocycles. The molecule has 0 aromatic heterocycles. The zero-order valence-electron chi connectivity index (χ0n) is 9.28. The molecule has 1 aromatic rings. The summed E-state index contributed by atoms with van der Waals surface area (Å²) in [6.45, 7) is 0. The highest BCUT2D eigenvalue weighted by molar-refractivity contribution is 8.18. The number of halogens is 1. The monoisotopic (exact) mass is 268 g/mol. The Bertz CT molecular complexity index is 572. The Labute approximate surface area is 106 Å². The molecule has 2 rings (SSSR count). The van der Waals surface area contributed by atoms with Crippen LogP contribution in [0, 0.1) is 11.2 Å². The number of carbonyl (C=O) groups excluding carboxylic acids is 1. The van der Waals surface area contributed by atoms with Crippen LogP contribution in [0.15, 0.2) is 17.0 Å². The van der Waals surface area contributed by atoms with E-state index in [1.165, 1.54) is 19.3 Å². The summed E-state index contributed by atoms with van der Waals surface area (Å²) in [6, 6.07) is 2.49. The standard InChI is InChI=1S/C11H9FN2O3S/c1-17-7-3-5(2-6(12)9(7)15)4-8-10(16)14-11(13)18-8/h2-4,15H,1H3,(H2,13,14,16). The third-order valence-electron chi connectivity index (χ3n) is 2.23. The Morgan fingerprint density at radius 1 is 1.56 bits per heavy atom. The SMILES string of the molecule is COc1cc(C=C2SC(=N)NC2=O)cc(F)c1O. The van der Waals surface area contributed by atoms with Crippen molar-refractivity contribution in [3.05, 3.63) is 28.4 Å². The van der Waals surface area contributed by atoms with E-state index in [-0.39, 0.29) is 15.8 Å². The molecular weight excluding hydrogens is 259 g/mol. The average Bonchev–Trinajstić information content (AvgIpc) is 2.62. The van der Waals surface area contributed by atoms with E-state index in [1.807, 2.05) is 0 Å². The summed E-state index contributed by atoms with van der Waals surface area (Å²) in [7, 11) is 1.30. The van der Waals surface area contributed by atoms with Gasteiger partial charge in [0.1, 0.15) is 0 Å². The number of amides is 1. The highest BCUT2D eigenvalue weighted by Crippen LogP contribution is 2.32. The predicted molar refractivity (Wildman–Crippen MR) is 66.1 cm³/mol. The number of phenols is 1. The van der Waals surface area contributed by atoms with Gasteiger partial charge in [-0.25, -0.2) is 4.39 Å². The number of thioether (sulfide) groups is 1. The van der Waals surface area contributed by atoms with Crippen molar-refractivity contribution < 1.29 is 19.0 Å². The molecule has 0 bridgehead atoms. The summed E-state index contributed by atoms with van der Waals surface area (Å²) in [5.41, 5.74) is 0.370. The minimum absolute atomic E-state index is 0.0136. The second-order valence-electron chi connectivity index (χ2n) is 3.45. The lowest BCUT2D eigenvalue weighted by molar-refractivity contribution is -0.115. The number of aromatic hydroxyl groups is 1. The third kappa shape index (κ3) is 2.30. The third-order valence-corrected chi connectivity index (χ3v) is 3.06. The average molecular weight is 268 g/mol. The van der Waals surface area contributed by atoms with E-state index in [2.05, 4.69) is 5.32 Å². The largest absolute Gasteiger partial charge is 0.502 e. The van der Waals surface area contributed by atoms with Crippen molar-refractivity contribution in [3.8, 4) is 11.5 Å². The normalized spacial score (nSPS) is 17.1. The molecule has 94 valence electrons. The lowest BCUT2D eigenvalue weighted by Crippen LogP contribution is -2.18. The molecule has 1 aromatic carbocycles. The summed E-state index contributed by atoms with van der Waals surface area (Å²) in [5, 5.41) is 19.0. The first kappa shape index (κ1) is 12.4. The summed E-state index contributed by atoms with van der Waals surface area (Å²) in [4.78, 5) is 11.7. The van der Waals surface area contributed by atoms with Crippen molar-refractivity contribution in [1.29, 1.82) is 5.41 Å². The highest BCUT2D eigenvalue weighted by Gasteiger charge is 2.22. The Hall–Kier alpha value is -2.02. The maximum atomic E-state index is 13.4. The summed E-state index contributed by atoms with van der Waals surface area (Å²) in [6.07, 6.45) is 1.42. The molecule has 0 saturated carbocycles. The van der Waals surface area contributed by atoms with Crippen LogP contribution in [0.2, 0.25) is 0 Å². The first-order chi connectivity index (χ1) is 8.51. The summed E-state index contributed by atoms with van der Waals surface area (Å²) >= 11 is 0.950. The van der Waals surface area contributed by atoms with E-state index in [4.69, 9.17) is 10.1 Å². The number of ether oxygens (including phenoxy) is 1. The molecule has 7 heteroatoms. The van der Waals surface area contributed by atoms with Gasteiger partial charge in [-0.15, -0.1) is 0 Å². The van der Waals surface area contributed by atoms with E-state index in [9.17, 15) is 14.3 Å². The first-order valence-electron chi connectivity index (χ1n) is 4.87. The van der Waals surface area contributed by atoms with Crippen LogP contribution < -0.4 is 10.1 Å². The van der Waals surface area contributed by atoms with Crippen molar-refractivity contribution in [3.63, 3.8) is 0 Å². The van der Waals surface area contributed by atoms with E-state index in [0.29, 0.717) is 5.56 Å². The molecule has 0 radical (unpaired) electrons. The number of carbonyl (C=O) groups is 1. The number of rotatable bonds is 2. The number of hydrogen-bond donors (Lipinski definition) is 3. The lowest BCUT2D eigenvalue weighted by Gasteiger charge is -2.05. The smallest absolute Gasteiger partial charge is 0.264 e. The van der Waals surface area contributed by atoms with Crippen molar-refractivity contribution in [1.82, 2.24) is 5.32 Å². The van der Waals surface area contributed by atoms with Gasteiger partial charge < -0.3 is 15.2 Å². The van der Waals surface area contributed by atoms with Gasteiger partial charge in [-0.1, -0.05) is 0 Å².